The largest absolute Gasteiger partial charge is 0.449 e. The number of anilines is 1. The van der Waals surface area contributed by atoms with E-state index in [1.807, 2.05) is 154 Å². The lowest BCUT2D eigenvalue weighted by molar-refractivity contribution is -0.148. The number of primary amides is 1. The molecule has 2 aliphatic carbocycles. The second-order valence-electron chi connectivity index (χ2n) is 34.6. The molecule has 1 fully saturated rings. The van der Waals surface area contributed by atoms with E-state index in [0.29, 0.717) is 44.2 Å². The van der Waals surface area contributed by atoms with E-state index in [1.54, 1.807) is 65.1 Å². The molecule has 0 spiro atoms. The number of nitrogens with one attached hydrogen (secondary N) is 10. The molecule has 12 atom stereocenters. The van der Waals surface area contributed by atoms with Gasteiger partial charge in [0.2, 0.25) is 47.3 Å². The van der Waals surface area contributed by atoms with E-state index in [0.717, 1.165) is 55.1 Å². The summed E-state index contributed by atoms with van der Waals surface area (Å²) >= 11 is 1.46. The highest BCUT2D eigenvalue weighted by molar-refractivity contribution is 7.09. The number of hydrogen-bond donors (Lipinski definition) is 11. The zero-order chi connectivity index (χ0) is 93.2. The number of likely N-dealkylation sites (tertiary alicyclic amines) is 1. The maximum absolute atomic E-state index is 14.9. The Morgan fingerprint density at radius 1 is 0.566 bits per heavy atom. The van der Waals surface area contributed by atoms with Crippen molar-refractivity contribution in [2.45, 2.75) is 218 Å². The van der Waals surface area contributed by atoms with Gasteiger partial charge < -0.3 is 92.4 Å². The van der Waals surface area contributed by atoms with Crippen molar-refractivity contribution in [3.05, 3.63) is 202 Å². The minimum Gasteiger partial charge on any atom is -0.449 e. The smallest absolute Gasteiger partial charge is 0.408 e. The van der Waals surface area contributed by atoms with Gasteiger partial charge in [-0.25, -0.2) is 24.2 Å². The van der Waals surface area contributed by atoms with E-state index in [4.69, 9.17) is 29.4 Å². The molecule has 0 saturated carbocycles. The van der Waals surface area contributed by atoms with Gasteiger partial charge in [0, 0.05) is 70.0 Å². The molecule has 1 aromatic heterocycles. The summed E-state index contributed by atoms with van der Waals surface area (Å²) in [5.41, 5.74) is 13.8. The Hall–Kier alpha value is -12.3. The van der Waals surface area contributed by atoms with Gasteiger partial charge in [-0.2, -0.15) is 0 Å². The van der Waals surface area contributed by atoms with E-state index in [-0.39, 0.29) is 106 Å². The molecule has 13 amide bonds. The van der Waals surface area contributed by atoms with Gasteiger partial charge in [0.1, 0.15) is 60.6 Å². The molecule has 12 N–H and O–H groups in total. The molecule has 1 saturated heterocycles. The van der Waals surface area contributed by atoms with Gasteiger partial charge in [-0.1, -0.05) is 194 Å². The summed E-state index contributed by atoms with van der Waals surface area (Å²) in [5, 5.41) is 30.3. The van der Waals surface area contributed by atoms with Crippen molar-refractivity contribution in [2.75, 3.05) is 59.4 Å². The van der Waals surface area contributed by atoms with Gasteiger partial charge in [-0.05, 0) is 158 Å². The van der Waals surface area contributed by atoms with Crippen LogP contribution in [0, 0.1) is 23.7 Å². The number of carbonyl (C=O) groups is 12. The molecule has 7 aromatic rings. The average molecular weight is 1790 g/mol. The molecule has 1 aliphatic heterocycles. The minimum atomic E-state index is -1.64. The van der Waals surface area contributed by atoms with Crippen LogP contribution in [0.15, 0.2) is 163 Å². The minimum absolute atomic E-state index is 0.00677. The highest BCUT2D eigenvalue weighted by atomic mass is 32.1. The van der Waals surface area contributed by atoms with E-state index < -0.39 is 138 Å². The van der Waals surface area contributed by atoms with Gasteiger partial charge in [0.25, 0.3) is 0 Å². The first kappa shape index (κ1) is 98.9. The lowest BCUT2D eigenvalue weighted by Crippen LogP contribution is -2.62. The van der Waals surface area contributed by atoms with Crippen LogP contribution < -0.4 is 58.9 Å². The van der Waals surface area contributed by atoms with Crippen molar-refractivity contribution in [1.82, 2.24) is 62.6 Å². The number of aromatic nitrogens is 1. The predicted molar refractivity (Wildman–Crippen MR) is 491 cm³/mol. The number of carbonyl (C=O) groups excluding carboxylic acids is 12. The average Bonchev–Trinajstić information content (AvgIpc) is 1.66. The van der Waals surface area contributed by atoms with Crippen molar-refractivity contribution >= 4 is 88.6 Å². The van der Waals surface area contributed by atoms with Crippen molar-refractivity contribution in [1.29, 1.82) is 0 Å². The van der Waals surface area contributed by atoms with E-state index >= 15 is 0 Å². The van der Waals surface area contributed by atoms with Crippen molar-refractivity contribution in [2.24, 2.45) is 29.4 Å². The maximum Gasteiger partial charge on any atom is 0.408 e. The van der Waals surface area contributed by atoms with E-state index in [2.05, 4.69) is 58.2 Å². The van der Waals surface area contributed by atoms with Crippen LogP contribution in [0.4, 0.5) is 24.9 Å². The number of alkyl carbamates (subject to hydrolysis) is 3. The van der Waals surface area contributed by atoms with Crippen LogP contribution in [0.5, 0.6) is 0 Å². The second-order valence-corrected chi connectivity index (χ2v) is 35.6. The first-order valence-corrected chi connectivity index (χ1v) is 45.3. The van der Waals surface area contributed by atoms with Gasteiger partial charge in [0.05, 0.1) is 42.7 Å². The number of nitrogens with two attached hydrogens (primary N) is 1. The quantitative estimate of drug-likeness (QED) is 0.0125. The number of urea groups is 1. The van der Waals surface area contributed by atoms with Gasteiger partial charge >= 0.3 is 24.3 Å². The highest BCUT2D eigenvalue weighted by Crippen LogP contribution is 2.46. The number of ether oxygens (including phenoxy) is 5. The third-order valence-electron chi connectivity index (χ3n) is 24.5. The molecule has 0 unspecified atom stereocenters. The molecule has 2 heterocycles. The molecule has 32 heteroatoms. The number of amides is 13. The summed E-state index contributed by atoms with van der Waals surface area (Å²) in [4.78, 5) is 176. The third kappa shape index (κ3) is 26.5. The summed E-state index contributed by atoms with van der Waals surface area (Å²) in [6, 6.07) is 39.3. The van der Waals surface area contributed by atoms with Crippen molar-refractivity contribution in [3.8, 4) is 22.3 Å². The number of nitrogens with zero attached hydrogens (tertiary/aromatic N) is 3. The normalized spacial score (nSPS) is 15.9. The molecule has 10 rings (SSSR count). The summed E-state index contributed by atoms with van der Waals surface area (Å²) < 4.78 is 29.3. The van der Waals surface area contributed by atoms with Gasteiger partial charge in [0.15, 0.2) is 0 Å². The summed E-state index contributed by atoms with van der Waals surface area (Å²) in [6.07, 6.45) is 0.851. The van der Waals surface area contributed by atoms with Crippen LogP contribution in [-0.4, -0.2) is 201 Å². The number of thiazole rings is 1. The van der Waals surface area contributed by atoms with Crippen LogP contribution in [-0.2, 0) is 75.1 Å². The Bertz CT molecular complexity index is 4910. The molecule has 0 radical (unpaired) electrons. The predicted octanol–water partition coefficient (Wildman–Crippen LogP) is 11.4. The molecule has 3 aliphatic rings. The number of methoxy groups -OCH3 is 2. The molecule has 692 valence electrons. The lowest BCUT2D eigenvalue weighted by atomic mass is 9.89. The summed E-state index contributed by atoms with van der Waals surface area (Å²) in [7, 11) is 4.68. The second kappa shape index (κ2) is 47.1. The van der Waals surface area contributed by atoms with Crippen LogP contribution in [0.25, 0.3) is 22.3 Å². The van der Waals surface area contributed by atoms with Crippen LogP contribution in [0.2, 0.25) is 0 Å². The fourth-order valence-corrected chi connectivity index (χ4v) is 17.8. The first-order chi connectivity index (χ1) is 61.8. The molecule has 6 aromatic carbocycles. The molecular weight excluding hydrogens is 1670 g/mol. The number of benzene rings is 6. The number of likely N-dealkylation sites (N-methyl/N-ethyl adjacent to an activating group) is 1. The maximum atomic E-state index is 14.9. The lowest BCUT2D eigenvalue weighted by Gasteiger charge is -2.41. The molecule has 31 nitrogen and oxygen atoms in total. The SMILES string of the molecule is CC[C@H](C)[C@@H]([C@@H](CC(=O)N1CCC[C@H]1[C@H](OC)[C@@H](C)C(=O)N[C@@H](Cc1ccccc1)c1nccs1)OC)N(C)C(=O)[C@@H](NC(=O)C(C)(C)NC(=O)OCc1ccc(NC(=O)[C@H](CCCNC(N)=O)NC(=O)[C@@H](NC(=O)[C@H](CCCCNC(=O)OCC2c3ccccc3-c3ccccc32)NC(=O)[C@H](C)NC(=O)OCC2c3ccccc3-c3ccccc32)C(C)C)cc1)C(C)C. The van der Waals surface area contributed by atoms with Gasteiger partial charge in [-0.15, -0.1) is 11.3 Å². The van der Waals surface area contributed by atoms with Gasteiger partial charge in [-0.3, -0.25) is 38.4 Å². The topological polar surface area (TPSA) is 417 Å². The number of hydrogen-bond acceptors (Lipinski definition) is 19. The van der Waals surface area contributed by atoms with Crippen LogP contribution in [0.1, 0.15) is 183 Å². The summed E-state index contributed by atoms with van der Waals surface area (Å²) in [5.74, 6) is -6.89. The zero-order valence-corrected chi connectivity index (χ0v) is 76.7. The van der Waals surface area contributed by atoms with E-state index in [9.17, 15) is 57.5 Å². The Labute approximate surface area is 759 Å². The van der Waals surface area contributed by atoms with Crippen molar-refractivity contribution in [3.63, 3.8) is 0 Å². The highest BCUT2D eigenvalue weighted by Gasteiger charge is 2.45. The van der Waals surface area contributed by atoms with Crippen LogP contribution in [0.3, 0.4) is 0 Å². The number of rotatable bonds is 45. The molecular formula is C97H126N14O17S. The van der Waals surface area contributed by atoms with Crippen molar-refractivity contribution < 1.29 is 81.2 Å². The molecule has 129 heavy (non-hydrogen) atoms. The standard InChI is InChI=1S/C97H126N14O17S/c1-14-59(6)83(79(124-12)53-80(112)111-50-29-42-78(111)84(125-13)60(7)85(113)106-77(90-99-49-51-129-90)52-62-30-16-15-17-31-62)110(11)91(118)82(58(4)5)108-92(119)97(9,10)109-96(123)126-54-63-43-45-64(46-44-63)103-87(115)76(41-28-48-100-93(98)120)105-89(117)81(57(2)3)107-88(116)75(40-26-27-47-101-94(121)127-55-73-69-36-22-18-32-65(69)66-33-19-23-37-70(66)73)104-86(114)61(8)102-95(122)128-56-74-71-38-24-20-34-67(71)68-35-21-25-39-72(68)74/h15-25,30-39,43-46,49,51,57-61,73-79,81-84H,14,26-29,40-42,47-48,50,52-56H2,1-13H3,(H,101,121)(H,102,122)(H,103,115)(H,104,114)(H,105,117)(H,106,113)(H,107,116)(H,108,119)(H,109,123)(H3,98,100,120)/t59-,60+,61-,75-,76-,77-,78-,79+,81-,82-,83-,84+/m0/s1. The fraction of sp³-hybridized carbons (Fsp3) is 0.474. The molecule has 0 bridgehead atoms. The third-order valence-corrected chi connectivity index (χ3v) is 25.4. The number of fused-ring (bicyclic) bond motifs is 6. The monoisotopic (exact) mass is 1790 g/mol. The Morgan fingerprint density at radius 3 is 1.67 bits per heavy atom. The number of unbranched alkanes of at least 4 members (excludes halogenated alkanes) is 1. The zero-order valence-electron chi connectivity index (χ0n) is 75.9. The van der Waals surface area contributed by atoms with E-state index in [1.165, 1.54) is 56.3 Å². The Balaban J connectivity index is 0.722. The van der Waals surface area contributed by atoms with Crippen LogP contribution >= 0.6 is 11.3 Å². The Morgan fingerprint density at radius 2 is 1.12 bits per heavy atom. The first-order valence-electron chi connectivity index (χ1n) is 44.5. The fourth-order valence-electron chi connectivity index (χ4n) is 17.1. The Kier molecular flexibility index (Phi) is 36.1. The summed E-state index contributed by atoms with van der Waals surface area (Å²) in [6.45, 7) is 17.4.